The van der Waals surface area contributed by atoms with E-state index in [1.54, 1.807) is 19.1 Å². The number of hydrogen-bond acceptors (Lipinski definition) is 4. The second-order valence-electron chi connectivity index (χ2n) is 3.29. The van der Waals surface area contributed by atoms with Crippen molar-refractivity contribution in [2.24, 2.45) is 0 Å². The minimum Gasteiger partial charge on any atom is -0.465 e. The highest BCUT2D eigenvalue weighted by molar-refractivity contribution is 14.1. The first kappa shape index (κ1) is 15.5. The highest BCUT2D eigenvalue weighted by Crippen LogP contribution is 2.23. The number of halogens is 2. The van der Waals surface area contributed by atoms with Crippen LogP contribution in [0.5, 0.6) is 0 Å². The molecule has 1 rings (SSSR count). The van der Waals surface area contributed by atoms with Gasteiger partial charge in [-0.2, -0.15) is 0 Å². The Morgan fingerprint density at radius 1 is 1.50 bits per heavy atom. The number of hydrogen-bond donors (Lipinski definition) is 1. The SMILES string of the molecule is CCOC(=O)CS(=O)(=O)Nc1ccc(Cl)cc1I. The van der Waals surface area contributed by atoms with Crippen LogP contribution in [0.1, 0.15) is 6.92 Å². The molecule has 0 saturated carbocycles. The zero-order valence-corrected chi connectivity index (χ0v) is 13.2. The van der Waals surface area contributed by atoms with Gasteiger partial charge < -0.3 is 4.74 Å². The summed E-state index contributed by atoms with van der Waals surface area (Å²) < 4.78 is 30.9. The molecule has 0 radical (unpaired) electrons. The van der Waals surface area contributed by atoms with Crippen molar-refractivity contribution in [2.75, 3.05) is 17.1 Å². The summed E-state index contributed by atoms with van der Waals surface area (Å²) in [7, 11) is -3.76. The third-order valence-electron chi connectivity index (χ3n) is 1.81. The molecule has 0 unspecified atom stereocenters. The van der Waals surface area contributed by atoms with E-state index in [9.17, 15) is 13.2 Å². The zero-order valence-electron chi connectivity index (χ0n) is 9.44. The van der Waals surface area contributed by atoms with E-state index >= 15 is 0 Å². The van der Waals surface area contributed by atoms with Crippen LogP contribution in [-0.2, 0) is 19.6 Å². The molecule has 0 aliphatic heterocycles. The van der Waals surface area contributed by atoms with Crippen molar-refractivity contribution in [3.05, 3.63) is 26.8 Å². The molecule has 1 aromatic carbocycles. The number of sulfonamides is 1. The third-order valence-corrected chi connectivity index (χ3v) is 4.08. The highest BCUT2D eigenvalue weighted by atomic mass is 127. The molecule has 100 valence electrons. The van der Waals surface area contributed by atoms with Gasteiger partial charge in [0, 0.05) is 8.59 Å². The van der Waals surface area contributed by atoms with E-state index in [1.807, 2.05) is 22.6 Å². The summed E-state index contributed by atoms with van der Waals surface area (Å²) in [6.07, 6.45) is 0. The maximum atomic E-state index is 11.7. The predicted molar refractivity (Wildman–Crippen MR) is 78.2 cm³/mol. The Labute approximate surface area is 124 Å². The first-order valence-corrected chi connectivity index (χ1v) is 8.06. The van der Waals surface area contributed by atoms with Crippen LogP contribution < -0.4 is 4.72 Å². The molecule has 0 amide bonds. The molecule has 1 aromatic rings. The van der Waals surface area contributed by atoms with Crippen LogP contribution in [-0.4, -0.2) is 26.7 Å². The van der Waals surface area contributed by atoms with Crippen molar-refractivity contribution < 1.29 is 17.9 Å². The second kappa shape index (κ2) is 6.58. The zero-order chi connectivity index (χ0) is 13.8. The summed E-state index contributed by atoms with van der Waals surface area (Å²) in [5.74, 6) is -1.49. The van der Waals surface area contributed by atoms with Crippen LogP contribution in [0, 0.1) is 3.57 Å². The number of esters is 1. The van der Waals surface area contributed by atoms with Crippen molar-refractivity contribution in [2.45, 2.75) is 6.92 Å². The average molecular weight is 404 g/mol. The van der Waals surface area contributed by atoms with Crippen molar-refractivity contribution in [3.63, 3.8) is 0 Å². The quantitative estimate of drug-likeness (QED) is 0.605. The summed E-state index contributed by atoms with van der Waals surface area (Å²) in [4.78, 5) is 11.1. The van der Waals surface area contributed by atoms with Crippen LogP contribution in [0.15, 0.2) is 18.2 Å². The first-order valence-electron chi connectivity index (χ1n) is 4.95. The minimum absolute atomic E-state index is 0.146. The van der Waals surface area contributed by atoms with Crippen molar-refractivity contribution in [1.29, 1.82) is 0 Å². The fraction of sp³-hybridized carbons (Fsp3) is 0.300. The average Bonchev–Trinajstić information content (AvgIpc) is 2.21. The standard InChI is InChI=1S/C10H11ClINO4S/c1-2-17-10(14)6-18(15,16)13-9-4-3-7(11)5-8(9)12/h3-5,13H,2,6H2,1H3. The molecular formula is C10H11ClINO4S. The van der Waals surface area contributed by atoms with Crippen LogP contribution in [0.2, 0.25) is 5.02 Å². The molecule has 0 saturated heterocycles. The number of ether oxygens (including phenoxy) is 1. The largest absolute Gasteiger partial charge is 0.465 e. The van der Waals surface area contributed by atoms with E-state index in [1.165, 1.54) is 6.07 Å². The fourth-order valence-corrected chi connectivity index (χ4v) is 3.30. The van der Waals surface area contributed by atoms with Gasteiger partial charge in [-0.1, -0.05) is 11.6 Å². The molecule has 0 bridgehead atoms. The lowest BCUT2D eigenvalue weighted by molar-refractivity contribution is -0.139. The van der Waals surface area contributed by atoms with Crippen LogP contribution in [0.25, 0.3) is 0 Å². The summed E-state index contributed by atoms with van der Waals surface area (Å²) >= 11 is 7.71. The summed E-state index contributed by atoms with van der Waals surface area (Å²) in [5, 5.41) is 0.507. The fourth-order valence-electron chi connectivity index (χ4n) is 1.13. The van der Waals surface area contributed by atoms with Crippen molar-refractivity contribution >= 4 is 55.9 Å². The Kier molecular flexibility index (Phi) is 5.67. The van der Waals surface area contributed by atoms with Gasteiger partial charge in [0.2, 0.25) is 10.0 Å². The lowest BCUT2D eigenvalue weighted by atomic mass is 10.3. The van der Waals surface area contributed by atoms with Gasteiger partial charge in [-0.25, -0.2) is 8.42 Å². The molecule has 8 heteroatoms. The maximum absolute atomic E-state index is 11.7. The molecule has 1 N–H and O–H groups in total. The number of benzene rings is 1. The van der Waals surface area contributed by atoms with E-state index in [0.717, 1.165) is 0 Å². The Bertz CT molecular complexity index is 547. The Hall–Kier alpha value is -0.540. The Morgan fingerprint density at radius 2 is 2.17 bits per heavy atom. The molecule has 0 spiro atoms. The van der Waals surface area contributed by atoms with E-state index in [0.29, 0.717) is 14.3 Å². The van der Waals surface area contributed by atoms with Crippen LogP contribution in [0.3, 0.4) is 0 Å². The number of carbonyl (C=O) groups excluding carboxylic acids is 1. The first-order chi connectivity index (χ1) is 8.34. The monoisotopic (exact) mass is 403 g/mol. The second-order valence-corrected chi connectivity index (χ2v) is 6.61. The lowest BCUT2D eigenvalue weighted by Gasteiger charge is -2.09. The maximum Gasteiger partial charge on any atom is 0.323 e. The molecule has 0 aromatic heterocycles. The highest BCUT2D eigenvalue weighted by Gasteiger charge is 2.18. The van der Waals surface area contributed by atoms with Crippen LogP contribution in [0.4, 0.5) is 5.69 Å². The Morgan fingerprint density at radius 3 is 2.72 bits per heavy atom. The van der Waals surface area contributed by atoms with Gasteiger partial charge in [0.25, 0.3) is 0 Å². The van der Waals surface area contributed by atoms with Gasteiger partial charge in [-0.15, -0.1) is 0 Å². The smallest absolute Gasteiger partial charge is 0.323 e. The van der Waals surface area contributed by atoms with Gasteiger partial charge in [0.1, 0.15) is 0 Å². The number of nitrogens with one attached hydrogen (secondary N) is 1. The molecular weight excluding hydrogens is 393 g/mol. The van der Waals surface area contributed by atoms with E-state index < -0.39 is 21.7 Å². The topological polar surface area (TPSA) is 72.5 Å². The van der Waals surface area contributed by atoms with Gasteiger partial charge in [0.05, 0.1) is 12.3 Å². The molecule has 0 fully saturated rings. The Balaban J connectivity index is 2.79. The van der Waals surface area contributed by atoms with Crippen molar-refractivity contribution in [1.82, 2.24) is 0 Å². The normalized spacial score (nSPS) is 11.1. The lowest BCUT2D eigenvalue weighted by Crippen LogP contribution is -2.24. The molecule has 0 aliphatic carbocycles. The van der Waals surface area contributed by atoms with Crippen LogP contribution >= 0.6 is 34.2 Å². The van der Waals surface area contributed by atoms with E-state index in [2.05, 4.69) is 9.46 Å². The van der Waals surface area contributed by atoms with Gasteiger partial charge >= 0.3 is 5.97 Å². The number of rotatable bonds is 5. The minimum atomic E-state index is -3.76. The predicted octanol–water partition coefficient (Wildman–Crippen LogP) is 2.25. The van der Waals surface area contributed by atoms with Gasteiger partial charge in [-0.3, -0.25) is 9.52 Å². The number of carbonyl (C=O) groups is 1. The molecule has 5 nitrogen and oxygen atoms in total. The molecule has 0 aliphatic rings. The summed E-state index contributed by atoms with van der Waals surface area (Å²) in [5.41, 5.74) is 0.379. The van der Waals surface area contributed by atoms with E-state index in [-0.39, 0.29) is 6.61 Å². The van der Waals surface area contributed by atoms with Gasteiger partial charge in [0.15, 0.2) is 5.75 Å². The third kappa shape index (κ3) is 4.99. The van der Waals surface area contributed by atoms with E-state index in [4.69, 9.17) is 11.6 Å². The molecule has 0 heterocycles. The summed E-state index contributed by atoms with van der Waals surface area (Å²) in [6.45, 7) is 1.76. The van der Waals surface area contributed by atoms with Gasteiger partial charge in [-0.05, 0) is 47.7 Å². The summed E-state index contributed by atoms with van der Waals surface area (Å²) in [6, 6.07) is 4.71. The number of anilines is 1. The van der Waals surface area contributed by atoms with Crippen molar-refractivity contribution in [3.8, 4) is 0 Å². The molecule has 0 atom stereocenters. The molecule has 18 heavy (non-hydrogen) atoms.